The van der Waals surface area contributed by atoms with Crippen molar-refractivity contribution < 1.29 is 15.3 Å². The van der Waals surface area contributed by atoms with Gasteiger partial charge in [0.25, 0.3) is 0 Å². The third kappa shape index (κ3) is 3.59. The number of aliphatic hydroxyl groups excluding tert-OH is 3. The Kier molecular flexibility index (Phi) is 6.41. The van der Waals surface area contributed by atoms with Crippen molar-refractivity contribution >= 4 is 0 Å². The third-order valence-electron chi connectivity index (χ3n) is 10.9. The van der Waals surface area contributed by atoms with E-state index in [1.54, 1.807) is 0 Å². The van der Waals surface area contributed by atoms with E-state index in [0.29, 0.717) is 23.7 Å². The van der Waals surface area contributed by atoms with Crippen molar-refractivity contribution in [2.75, 3.05) is 0 Å². The lowest BCUT2D eigenvalue weighted by molar-refractivity contribution is -0.223. The Morgan fingerprint density at radius 2 is 1.43 bits per heavy atom. The molecule has 174 valence electrons. The van der Waals surface area contributed by atoms with Crippen LogP contribution in [0.5, 0.6) is 0 Å². The highest BCUT2D eigenvalue weighted by molar-refractivity contribution is 5.14. The molecule has 0 amide bonds. The average molecular weight is 421 g/mol. The van der Waals surface area contributed by atoms with Crippen LogP contribution in [-0.2, 0) is 0 Å². The normalized spacial score (nSPS) is 51.9. The standard InChI is InChI=1S/C27H48O3/c1-16(2)7-6-8-17(3)19-9-10-20-23-21(12-14-26(19,20)4)27(5)13-11-18(28)15-22(27)24(29)25(23)30/h16-25,28-30H,6-15H2,1-5H3/t17-,18+,19-,20+,21+,22-,23+,24-,25+,26-,27-/m1/s1. The zero-order chi connectivity index (χ0) is 21.8. The first-order chi connectivity index (χ1) is 14.1. The van der Waals surface area contributed by atoms with E-state index in [2.05, 4.69) is 34.6 Å². The maximum Gasteiger partial charge on any atom is 0.0836 e. The van der Waals surface area contributed by atoms with Gasteiger partial charge in [-0.15, -0.1) is 0 Å². The molecular weight excluding hydrogens is 372 g/mol. The molecule has 4 rings (SSSR count). The SMILES string of the molecule is CC(C)CCC[C@@H](C)[C@H]1CC[C@H]2[C@@H]3[C@H](O)[C@H](O)[C@H]4C[C@@H](O)CC[C@]4(C)[C@H]3CC[C@]12C. The van der Waals surface area contributed by atoms with E-state index >= 15 is 0 Å². The molecule has 3 nitrogen and oxygen atoms in total. The van der Waals surface area contributed by atoms with Crippen LogP contribution in [0.3, 0.4) is 0 Å². The minimum atomic E-state index is -0.670. The summed E-state index contributed by atoms with van der Waals surface area (Å²) in [4.78, 5) is 0. The van der Waals surface area contributed by atoms with E-state index < -0.39 is 12.2 Å². The van der Waals surface area contributed by atoms with Crippen LogP contribution in [0.2, 0.25) is 0 Å². The molecule has 0 saturated heterocycles. The fraction of sp³-hybridized carbons (Fsp3) is 1.00. The molecule has 0 aromatic carbocycles. The summed E-state index contributed by atoms with van der Waals surface area (Å²) in [6, 6.07) is 0. The minimum Gasteiger partial charge on any atom is -0.393 e. The van der Waals surface area contributed by atoms with Crippen molar-refractivity contribution in [2.45, 2.75) is 117 Å². The minimum absolute atomic E-state index is 0.0500. The average Bonchev–Trinajstić information content (AvgIpc) is 3.04. The van der Waals surface area contributed by atoms with Gasteiger partial charge in [0.1, 0.15) is 0 Å². The number of aliphatic hydroxyl groups is 3. The van der Waals surface area contributed by atoms with Crippen LogP contribution >= 0.6 is 0 Å². The van der Waals surface area contributed by atoms with E-state index in [4.69, 9.17) is 0 Å². The molecule has 4 fully saturated rings. The van der Waals surface area contributed by atoms with Gasteiger partial charge in [0.2, 0.25) is 0 Å². The first-order valence-electron chi connectivity index (χ1n) is 13.1. The Morgan fingerprint density at radius 1 is 0.767 bits per heavy atom. The summed E-state index contributed by atoms with van der Waals surface area (Å²) in [7, 11) is 0. The summed E-state index contributed by atoms with van der Waals surface area (Å²) in [5.74, 6) is 3.65. The topological polar surface area (TPSA) is 60.7 Å². The predicted molar refractivity (Wildman–Crippen MR) is 122 cm³/mol. The van der Waals surface area contributed by atoms with E-state index in [0.717, 1.165) is 30.6 Å². The van der Waals surface area contributed by atoms with Gasteiger partial charge in [0.15, 0.2) is 0 Å². The fourth-order valence-corrected chi connectivity index (χ4v) is 9.26. The summed E-state index contributed by atoms with van der Waals surface area (Å²) < 4.78 is 0. The molecule has 0 heterocycles. The van der Waals surface area contributed by atoms with Gasteiger partial charge >= 0.3 is 0 Å². The zero-order valence-electron chi connectivity index (χ0n) is 20.2. The molecule has 11 atom stereocenters. The number of rotatable bonds is 5. The number of fused-ring (bicyclic) bond motifs is 5. The van der Waals surface area contributed by atoms with Crippen molar-refractivity contribution in [1.82, 2.24) is 0 Å². The van der Waals surface area contributed by atoms with Crippen LogP contribution in [0, 0.1) is 52.3 Å². The molecule has 0 bridgehead atoms. The Labute approximate surface area is 185 Å². The maximum absolute atomic E-state index is 11.4. The third-order valence-corrected chi connectivity index (χ3v) is 10.9. The van der Waals surface area contributed by atoms with E-state index in [9.17, 15) is 15.3 Å². The van der Waals surface area contributed by atoms with Gasteiger partial charge in [-0.25, -0.2) is 0 Å². The second kappa shape index (κ2) is 8.34. The first-order valence-corrected chi connectivity index (χ1v) is 13.1. The summed E-state index contributed by atoms with van der Waals surface area (Å²) in [5, 5.41) is 32.8. The number of hydrogen-bond donors (Lipinski definition) is 3. The second-order valence-electron chi connectivity index (χ2n) is 12.8. The van der Waals surface area contributed by atoms with Crippen molar-refractivity contribution in [3.8, 4) is 0 Å². The lowest BCUT2D eigenvalue weighted by atomic mass is 9.43. The highest BCUT2D eigenvalue weighted by Crippen LogP contribution is 2.68. The number of hydrogen-bond acceptors (Lipinski definition) is 3. The zero-order valence-corrected chi connectivity index (χ0v) is 20.2. The van der Waals surface area contributed by atoms with Gasteiger partial charge in [-0.1, -0.05) is 53.9 Å². The van der Waals surface area contributed by atoms with Gasteiger partial charge in [-0.05, 0) is 97.2 Å². The molecule has 0 aromatic rings. The molecule has 4 saturated carbocycles. The second-order valence-corrected chi connectivity index (χ2v) is 12.8. The van der Waals surface area contributed by atoms with Crippen molar-refractivity contribution in [3.05, 3.63) is 0 Å². The largest absolute Gasteiger partial charge is 0.393 e. The molecule has 0 aromatic heterocycles. The van der Waals surface area contributed by atoms with Crippen LogP contribution < -0.4 is 0 Å². The van der Waals surface area contributed by atoms with Gasteiger partial charge < -0.3 is 15.3 Å². The molecule has 0 unspecified atom stereocenters. The Hall–Kier alpha value is -0.120. The van der Waals surface area contributed by atoms with Crippen molar-refractivity contribution in [2.24, 2.45) is 52.3 Å². The van der Waals surface area contributed by atoms with Gasteiger partial charge in [-0.3, -0.25) is 0 Å². The van der Waals surface area contributed by atoms with E-state index in [1.807, 2.05) is 0 Å². The smallest absolute Gasteiger partial charge is 0.0836 e. The van der Waals surface area contributed by atoms with Gasteiger partial charge in [0.05, 0.1) is 18.3 Å². The molecule has 3 heteroatoms. The predicted octanol–water partition coefficient (Wildman–Crippen LogP) is 5.41. The molecule has 0 spiro atoms. The molecule has 30 heavy (non-hydrogen) atoms. The molecule has 4 aliphatic rings. The molecule has 0 radical (unpaired) electrons. The molecular formula is C27H48O3. The summed E-state index contributed by atoms with van der Waals surface area (Å²) in [5.41, 5.74) is 0.390. The molecule has 0 aliphatic heterocycles. The Bertz CT molecular complexity index is 605. The first kappa shape index (κ1) is 23.1. The Morgan fingerprint density at radius 3 is 2.13 bits per heavy atom. The molecule has 3 N–H and O–H groups in total. The van der Waals surface area contributed by atoms with Crippen LogP contribution in [0.25, 0.3) is 0 Å². The molecule has 4 aliphatic carbocycles. The maximum atomic E-state index is 11.4. The van der Waals surface area contributed by atoms with Gasteiger partial charge in [0, 0.05) is 0 Å². The highest BCUT2D eigenvalue weighted by Gasteiger charge is 2.65. The Balaban J connectivity index is 1.54. The van der Waals surface area contributed by atoms with Crippen molar-refractivity contribution in [1.29, 1.82) is 0 Å². The van der Waals surface area contributed by atoms with E-state index in [1.165, 1.54) is 44.9 Å². The fourth-order valence-electron chi connectivity index (χ4n) is 9.26. The summed E-state index contributed by atoms with van der Waals surface area (Å²) in [6.07, 6.45) is 9.94. The lowest BCUT2D eigenvalue weighted by Gasteiger charge is -2.63. The van der Waals surface area contributed by atoms with E-state index in [-0.39, 0.29) is 23.4 Å². The van der Waals surface area contributed by atoms with Gasteiger partial charge in [-0.2, -0.15) is 0 Å². The van der Waals surface area contributed by atoms with Crippen LogP contribution in [0.1, 0.15) is 98.8 Å². The highest BCUT2D eigenvalue weighted by atomic mass is 16.3. The summed E-state index contributed by atoms with van der Waals surface area (Å²) >= 11 is 0. The quantitative estimate of drug-likeness (QED) is 0.557. The van der Waals surface area contributed by atoms with Crippen LogP contribution in [-0.4, -0.2) is 33.6 Å². The lowest BCUT2D eigenvalue weighted by Crippen LogP contribution is -2.64. The van der Waals surface area contributed by atoms with Crippen LogP contribution in [0.15, 0.2) is 0 Å². The van der Waals surface area contributed by atoms with Crippen LogP contribution in [0.4, 0.5) is 0 Å². The summed E-state index contributed by atoms with van der Waals surface area (Å²) in [6.45, 7) is 12.0. The monoisotopic (exact) mass is 420 g/mol. The van der Waals surface area contributed by atoms with Crippen molar-refractivity contribution in [3.63, 3.8) is 0 Å².